The summed E-state index contributed by atoms with van der Waals surface area (Å²) in [5.74, 6) is -1.50. The number of esters is 1. The van der Waals surface area contributed by atoms with Gasteiger partial charge in [-0.15, -0.1) is 0 Å². The number of piperidine rings is 1. The summed E-state index contributed by atoms with van der Waals surface area (Å²) in [5, 5.41) is 0. The Kier molecular flexibility index (Phi) is 4.47. The maximum Gasteiger partial charge on any atom is 0.309 e. The predicted molar refractivity (Wildman–Crippen MR) is 66.4 cm³/mol. The summed E-state index contributed by atoms with van der Waals surface area (Å²) in [5.41, 5.74) is 0.586. The number of benzene rings is 1. The Morgan fingerprint density at radius 2 is 2.05 bits per heavy atom. The first-order valence-electron chi connectivity index (χ1n) is 6.33. The largest absolute Gasteiger partial charge is 0.469 e. The van der Waals surface area contributed by atoms with Gasteiger partial charge < -0.3 is 4.74 Å². The Balaban J connectivity index is 2.00. The van der Waals surface area contributed by atoms with E-state index in [9.17, 15) is 13.6 Å². The van der Waals surface area contributed by atoms with E-state index in [1.54, 1.807) is 0 Å². The highest BCUT2D eigenvalue weighted by Crippen LogP contribution is 2.20. The molecule has 0 bridgehead atoms. The van der Waals surface area contributed by atoms with Crippen LogP contribution < -0.4 is 0 Å². The van der Waals surface area contributed by atoms with Crippen molar-refractivity contribution < 1.29 is 18.3 Å². The Morgan fingerprint density at radius 3 is 2.68 bits per heavy atom. The third-order valence-electron chi connectivity index (χ3n) is 3.37. The van der Waals surface area contributed by atoms with Gasteiger partial charge in [0.15, 0.2) is 0 Å². The van der Waals surface area contributed by atoms with Gasteiger partial charge in [-0.05, 0) is 37.1 Å². The molecule has 1 aliphatic heterocycles. The Labute approximate surface area is 111 Å². The maximum atomic E-state index is 13.1. The monoisotopic (exact) mass is 269 g/mol. The number of ether oxygens (including phenoxy) is 1. The molecule has 0 aliphatic carbocycles. The molecule has 2 rings (SSSR count). The molecule has 1 unspecified atom stereocenters. The fourth-order valence-electron chi connectivity index (χ4n) is 2.52. The molecule has 5 heteroatoms. The van der Waals surface area contributed by atoms with Crippen molar-refractivity contribution in [2.45, 2.75) is 19.4 Å². The minimum absolute atomic E-state index is 0.142. The number of hydrogen-bond donors (Lipinski definition) is 0. The molecule has 1 saturated heterocycles. The molecule has 0 saturated carbocycles. The fourth-order valence-corrected chi connectivity index (χ4v) is 2.52. The van der Waals surface area contributed by atoms with E-state index >= 15 is 0 Å². The minimum atomic E-state index is -0.573. The van der Waals surface area contributed by atoms with Crippen molar-refractivity contribution in [1.82, 2.24) is 4.90 Å². The van der Waals surface area contributed by atoms with Gasteiger partial charge in [-0.2, -0.15) is 0 Å². The number of hydrogen-bond acceptors (Lipinski definition) is 3. The lowest BCUT2D eigenvalue weighted by molar-refractivity contribution is -0.147. The molecule has 1 aromatic rings. The molecular formula is C14H17F2NO2. The highest BCUT2D eigenvalue weighted by molar-refractivity contribution is 5.72. The number of carbonyl (C=O) groups excluding carboxylic acids is 1. The molecule has 0 amide bonds. The van der Waals surface area contributed by atoms with Crippen LogP contribution in [-0.2, 0) is 16.1 Å². The molecule has 0 N–H and O–H groups in total. The maximum absolute atomic E-state index is 13.1. The summed E-state index contributed by atoms with van der Waals surface area (Å²) >= 11 is 0. The molecule has 0 radical (unpaired) electrons. The summed E-state index contributed by atoms with van der Waals surface area (Å²) in [6.07, 6.45) is 1.69. The van der Waals surface area contributed by atoms with Crippen molar-refractivity contribution in [2.24, 2.45) is 5.92 Å². The molecule has 3 nitrogen and oxygen atoms in total. The molecule has 19 heavy (non-hydrogen) atoms. The predicted octanol–water partition coefficient (Wildman–Crippen LogP) is 2.35. The van der Waals surface area contributed by atoms with Gasteiger partial charge in [0.2, 0.25) is 0 Å². The average molecular weight is 269 g/mol. The number of methoxy groups -OCH3 is 1. The van der Waals surface area contributed by atoms with Crippen LogP contribution >= 0.6 is 0 Å². The van der Waals surface area contributed by atoms with Gasteiger partial charge in [0.1, 0.15) is 11.6 Å². The summed E-state index contributed by atoms with van der Waals surface area (Å²) in [6, 6.07) is 3.51. The van der Waals surface area contributed by atoms with Crippen LogP contribution in [0.2, 0.25) is 0 Å². The topological polar surface area (TPSA) is 29.5 Å². The third-order valence-corrected chi connectivity index (χ3v) is 3.37. The second kappa shape index (κ2) is 6.10. The Bertz CT molecular complexity index is 445. The van der Waals surface area contributed by atoms with E-state index < -0.39 is 11.6 Å². The van der Waals surface area contributed by atoms with E-state index in [2.05, 4.69) is 0 Å². The van der Waals surface area contributed by atoms with E-state index in [0.717, 1.165) is 25.5 Å². The van der Waals surface area contributed by atoms with E-state index in [0.29, 0.717) is 18.7 Å². The first-order chi connectivity index (χ1) is 9.08. The zero-order chi connectivity index (χ0) is 13.8. The van der Waals surface area contributed by atoms with Gasteiger partial charge in [-0.3, -0.25) is 9.69 Å². The van der Waals surface area contributed by atoms with Gasteiger partial charge in [0.05, 0.1) is 13.0 Å². The van der Waals surface area contributed by atoms with Crippen molar-refractivity contribution in [2.75, 3.05) is 20.2 Å². The minimum Gasteiger partial charge on any atom is -0.469 e. The van der Waals surface area contributed by atoms with Crippen molar-refractivity contribution in [3.63, 3.8) is 0 Å². The van der Waals surface area contributed by atoms with E-state index in [1.165, 1.54) is 19.2 Å². The standard InChI is InChI=1S/C14H17F2NO2/c1-19-14(18)11-3-2-4-17(9-11)8-10-5-12(15)7-13(16)6-10/h5-7,11H,2-4,8-9H2,1H3. The number of rotatable bonds is 3. The molecule has 1 heterocycles. The fraction of sp³-hybridized carbons (Fsp3) is 0.500. The second-order valence-electron chi connectivity index (χ2n) is 4.88. The molecule has 0 aromatic heterocycles. The van der Waals surface area contributed by atoms with Crippen LogP contribution in [0.4, 0.5) is 8.78 Å². The summed E-state index contributed by atoms with van der Waals surface area (Å²) in [4.78, 5) is 13.5. The van der Waals surface area contributed by atoms with E-state index in [4.69, 9.17) is 4.74 Å². The number of nitrogens with zero attached hydrogens (tertiary/aromatic N) is 1. The van der Waals surface area contributed by atoms with Crippen LogP contribution in [-0.4, -0.2) is 31.1 Å². The van der Waals surface area contributed by atoms with Crippen molar-refractivity contribution in [1.29, 1.82) is 0 Å². The smallest absolute Gasteiger partial charge is 0.309 e. The molecular weight excluding hydrogens is 252 g/mol. The molecule has 1 aromatic carbocycles. The van der Waals surface area contributed by atoms with Crippen molar-refractivity contribution in [3.05, 3.63) is 35.4 Å². The highest BCUT2D eigenvalue weighted by atomic mass is 19.1. The lowest BCUT2D eigenvalue weighted by Crippen LogP contribution is -2.38. The molecule has 1 atom stereocenters. The van der Waals surface area contributed by atoms with Gasteiger partial charge in [-0.25, -0.2) is 8.78 Å². The highest BCUT2D eigenvalue weighted by Gasteiger charge is 2.26. The lowest BCUT2D eigenvalue weighted by atomic mass is 9.98. The van der Waals surface area contributed by atoms with Crippen LogP contribution in [0.1, 0.15) is 18.4 Å². The Morgan fingerprint density at radius 1 is 1.37 bits per heavy atom. The van der Waals surface area contributed by atoms with Crippen LogP contribution in [0.3, 0.4) is 0 Å². The third kappa shape index (κ3) is 3.73. The first-order valence-corrected chi connectivity index (χ1v) is 6.33. The van der Waals surface area contributed by atoms with Gasteiger partial charge in [-0.1, -0.05) is 0 Å². The second-order valence-corrected chi connectivity index (χ2v) is 4.88. The lowest BCUT2D eigenvalue weighted by Gasteiger charge is -2.31. The van der Waals surface area contributed by atoms with Crippen molar-refractivity contribution in [3.8, 4) is 0 Å². The van der Waals surface area contributed by atoms with Gasteiger partial charge >= 0.3 is 5.97 Å². The zero-order valence-corrected chi connectivity index (χ0v) is 10.9. The Hall–Kier alpha value is -1.49. The normalized spacial score (nSPS) is 20.3. The number of likely N-dealkylation sites (tertiary alicyclic amines) is 1. The first kappa shape index (κ1) is 13.9. The average Bonchev–Trinajstić information content (AvgIpc) is 2.37. The van der Waals surface area contributed by atoms with Crippen LogP contribution in [0.5, 0.6) is 0 Å². The van der Waals surface area contributed by atoms with Crippen LogP contribution in [0, 0.1) is 17.6 Å². The molecule has 1 fully saturated rings. The van der Waals surface area contributed by atoms with Crippen molar-refractivity contribution >= 4 is 5.97 Å². The molecule has 1 aliphatic rings. The van der Waals surface area contributed by atoms with E-state index in [-0.39, 0.29) is 11.9 Å². The van der Waals surface area contributed by atoms with Crippen LogP contribution in [0.15, 0.2) is 18.2 Å². The number of halogens is 2. The molecule has 0 spiro atoms. The summed E-state index contributed by atoms with van der Waals surface area (Å²) in [6.45, 7) is 1.85. The van der Waals surface area contributed by atoms with Gasteiger partial charge in [0.25, 0.3) is 0 Å². The SMILES string of the molecule is COC(=O)C1CCCN(Cc2cc(F)cc(F)c2)C1. The molecule has 104 valence electrons. The quantitative estimate of drug-likeness (QED) is 0.789. The summed E-state index contributed by atoms with van der Waals surface area (Å²) < 4.78 is 31.0. The van der Waals surface area contributed by atoms with Gasteiger partial charge in [0, 0.05) is 19.2 Å². The van der Waals surface area contributed by atoms with E-state index in [1.807, 2.05) is 4.90 Å². The summed E-state index contributed by atoms with van der Waals surface area (Å²) in [7, 11) is 1.38. The zero-order valence-electron chi connectivity index (χ0n) is 10.9. The van der Waals surface area contributed by atoms with Crippen LogP contribution in [0.25, 0.3) is 0 Å². The number of carbonyl (C=O) groups is 1.